The fourth-order valence-corrected chi connectivity index (χ4v) is 4.75. The Balaban J connectivity index is 1.49. The highest BCUT2D eigenvalue weighted by Gasteiger charge is 2.12. The van der Waals surface area contributed by atoms with E-state index in [2.05, 4.69) is 35.9 Å². The van der Waals surface area contributed by atoms with Crippen molar-refractivity contribution in [1.29, 1.82) is 0 Å². The number of carboxylic acids is 1. The average molecular weight is 476 g/mol. The summed E-state index contributed by atoms with van der Waals surface area (Å²) in [4.78, 5) is 11.8. The van der Waals surface area contributed by atoms with Crippen LogP contribution in [0.2, 0.25) is 0 Å². The van der Waals surface area contributed by atoms with E-state index >= 15 is 0 Å². The molecular weight excluding hydrogens is 446 g/mol. The Hall–Kier alpha value is -3.38. The van der Waals surface area contributed by atoms with E-state index in [1.54, 1.807) is 6.26 Å². The van der Waals surface area contributed by atoms with Crippen molar-refractivity contribution in [2.75, 3.05) is 6.26 Å². The first kappa shape index (κ1) is 23.8. The van der Waals surface area contributed by atoms with Crippen molar-refractivity contribution in [3.8, 4) is 5.75 Å². The molecule has 2 unspecified atom stereocenters. The van der Waals surface area contributed by atoms with Crippen molar-refractivity contribution in [3.63, 3.8) is 0 Å². The van der Waals surface area contributed by atoms with Crippen LogP contribution in [0.4, 0.5) is 0 Å². The standard InChI is InChI=1S/C28H29NO4S/c1-19(16-27(30)31)22-8-10-25(11-9-22)33-18-24-7-6-23-14-15-29(28(23)20(24)2)17-21-4-12-26(13-5-21)34(3)32/h4-15,19H,16-18H2,1-3H3,(H,30,31). The van der Waals surface area contributed by atoms with E-state index in [9.17, 15) is 9.00 Å². The molecule has 4 rings (SSSR count). The van der Waals surface area contributed by atoms with Crippen LogP contribution in [-0.4, -0.2) is 26.1 Å². The summed E-state index contributed by atoms with van der Waals surface area (Å²) in [7, 11) is -0.974. The molecule has 0 spiro atoms. The highest BCUT2D eigenvalue weighted by atomic mass is 32.2. The maximum atomic E-state index is 11.7. The third-order valence-electron chi connectivity index (χ3n) is 6.23. The molecule has 1 heterocycles. The Morgan fingerprint density at radius 3 is 2.38 bits per heavy atom. The van der Waals surface area contributed by atoms with E-state index in [0.717, 1.165) is 33.9 Å². The molecule has 3 aromatic carbocycles. The minimum absolute atomic E-state index is 0.0377. The minimum atomic E-state index is -0.974. The van der Waals surface area contributed by atoms with E-state index < -0.39 is 16.8 Å². The van der Waals surface area contributed by atoms with Crippen molar-refractivity contribution >= 4 is 27.7 Å². The van der Waals surface area contributed by atoms with Crippen molar-refractivity contribution in [2.24, 2.45) is 0 Å². The lowest BCUT2D eigenvalue weighted by Gasteiger charge is -2.14. The van der Waals surface area contributed by atoms with Gasteiger partial charge in [0.25, 0.3) is 0 Å². The molecule has 6 heteroatoms. The van der Waals surface area contributed by atoms with Crippen LogP contribution < -0.4 is 4.74 Å². The molecule has 34 heavy (non-hydrogen) atoms. The summed E-state index contributed by atoms with van der Waals surface area (Å²) in [6.07, 6.45) is 3.91. The van der Waals surface area contributed by atoms with Crippen molar-refractivity contribution in [3.05, 3.63) is 95.2 Å². The smallest absolute Gasteiger partial charge is 0.303 e. The lowest BCUT2D eigenvalue weighted by Crippen LogP contribution is -2.04. The van der Waals surface area contributed by atoms with Gasteiger partial charge in [0.15, 0.2) is 0 Å². The number of nitrogens with zero attached hydrogens (tertiary/aromatic N) is 1. The van der Waals surface area contributed by atoms with E-state index in [1.165, 1.54) is 16.5 Å². The Morgan fingerprint density at radius 1 is 1.03 bits per heavy atom. The molecule has 0 saturated carbocycles. The first-order valence-corrected chi connectivity index (χ1v) is 12.8. The third-order valence-corrected chi connectivity index (χ3v) is 7.16. The number of aromatic nitrogens is 1. The van der Waals surface area contributed by atoms with Gasteiger partial charge in [0, 0.05) is 34.7 Å². The number of aliphatic carboxylic acids is 1. The summed E-state index contributed by atoms with van der Waals surface area (Å²) < 4.78 is 19.9. The molecule has 176 valence electrons. The maximum absolute atomic E-state index is 11.7. The van der Waals surface area contributed by atoms with E-state index in [0.29, 0.717) is 6.61 Å². The molecule has 1 aromatic heterocycles. The molecule has 4 aromatic rings. The summed E-state index contributed by atoms with van der Waals surface area (Å²) in [5, 5.41) is 10.2. The predicted molar refractivity (Wildman–Crippen MR) is 136 cm³/mol. The van der Waals surface area contributed by atoms with Crippen molar-refractivity contribution < 1.29 is 18.8 Å². The lowest BCUT2D eigenvalue weighted by atomic mass is 9.98. The van der Waals surface area contributed by atoms with Gasteiger partial charge in [-0.15, -0.1) is 0 Å². The summed E-state index contributed by atoms with van der Waals surface area (Å²) in [6, 6.07) is 21.9. The Labute approximate surface area is 202 Å². The van der Waals surface area contributed by atoms with Crippen molar-refractivity contribution in [2.45, 2.75) is 44.2 Å². The molecule has 0 aliphatic rings. The van der Waals surface area contributed by atoms with Crippen LogP contribution in [0.15, 0.2) is 77.8 Å². The second-order valence-electron chi connectivity index (χ2n) is 8.69. The Bertz CT molecular complexity index is 1320. The van der Waals surface area contributed by atoms with Crippen LogP contribution >= 0.6 is 0 Å². The molecule has 0 amide bonds. The molecule has 1 N–H and O–H groups in total. The van der Waals surface area contributed by atoms with E-state index in [1.807, 2.05) is 55.5 Å². The van der Waals surface area contributed by atoms with Crippen LogP contribution in [0.3, 0.4) is 0 Å². The fourth-order valence-electron chi connectivity index (χ4n) is 4.23. The van der Waals surface area contributed by atoms with Gasteiger partial charge in [-0.1, -0.05) is 43.3 Å². The van der Waals surface area contributed by atoms with Crippen LogP contribution in [0.5, 0.6) is 5.75 Å². The lowest BCUT2D eigenvalue weighted by molar-refractivity contribution is -0.137. The summed E-state index contributed by atoms with van der Waals surface area (Å²) >= 11 is 0. The number of ether oxygens (including phenoxy) is 1. The molecular formula is C28H29NO4S. The molecule has 2 atom stereocenters. The number of aryl methyl sites for hydroxylation is 1. The fraction of sp³-hybridized carbons (Fsp3) is 0.250. The zero-order valence-corrected chi connectivity index (χ0v) is 20.5. The summed E-state index contributed by atoms with van der Waals surface area (Å²) in [6.45, 7) is 5.23. The van der Waals surface area contributed by atoms with Gasteiger partial charge in [-0.3, -0.25) is 9.00 Å². The van der Waals surface area contributed by atoms with Gasteiger partial charge in [-0.25, -0.2) is 0 Å². The SMILES string of the molecule is Cc1c(COc2ccc(C(C)CC(=O)O)cc2)ccc2ccn(Cc3ccc(S(C)=O)cc3)c12. The quantitative estimate of drug-likeness (QED) is 0.328. The Morgan fingerprint density at radius 2 is 1.74 bits per heavy atom. The van der Waals surface area contributed by atoms with Gasteiger partial charge in [0.05, 0.1) is 11.9 Å². The first-order chi connectivity index (χ1) is 16.3. The van der Waals surface area contributed by atoms with E-state index in [-0.39, 0.29) is 12.3 Å². The third kappa shape index (κ3) is 5.39. The molecule has 5 nitrogen and oxygen atoms in total. The summed E-state index contributed by atoms with van der Waals surface area (Å²) in [5.41, 5.74) is 5.63. The monoisotopic (exact) mass is 475 g/mol. The molecule has 0 saturated heterocycles. The summed E-state index contributed by atoms with van der Waals surface area (Å²) in [5.74, 6) is -0.0725. The molecule has 0 fully saturated rings. The van der Waals surface area contributed by atoms with Gasteiger partial charge in [0.2, 0.25) is 0 Å². The Kier molecular flexibility index (Phi) is 7.17. The van der Waals surface area contributed by atoms with Gasteiger partial charge < -0.3 is 14.4 Å². The van der Waals surface area contributed by atoms with Crippen molar-refractivity contribution in [1.82, 2.24) is 4.57 Å². The van der Waals surface area contributed by atoms with Crippen LogP contribution in [0.25, 0.3) is 10.9 Å². The number of carbonyl (C=O) groups is 1. The molecule has 0 bridgehead atoms. The maximum Gasteiger partial charge on any atom is 0.303 e. The predicted octanol–water partition coefficient (Wildman–Crippen LogP) is 5.89. The molecule has 0 radical (unpaired) electrons. The van der Waals surface area contributed by atoms with Gasteiger partial charge >= 0.3 is 5.97 Å². The normalized spacial score (nSPS) is 13.0. The van der Waals surface area contributed by atoms with Crippen LogP contribution in [-0.2, 0) is 28.7 Å². The van der Waals surface area contributed by atoms with Crippen LogP contribution in [0.1, 0.15) is 41.5 Å². The van der Waals surface area contributed by atoms with Crippen LogP contribution in [0, 0.1) is 6.92 Å². The zero-order chi connectivity index (χ0) is 24.2. The first-order valence-electron chi connectivity index (χ1n) is 11.3. The number of hydrogen-bond acceptors (Lipinski definition) is 3. The van der Waals surface area contributed by atoms with Gasteiger partial charge in [-0.2, -0.15) is 0 Å². The zero-order valence-electron chi connectivity index (χ0n) is 19.7. The largest absolute Gasteiger partial charge is 0.489 e. The number of hydrogen-bond donors (Lipinski definition) is 1. The number of benzene rings is 3. The highest BCUT2D eigenvalue weighted by Crippen LogP contribution is 2.26. The second-order valence-corrected chi connectivity index (χ2v) is 10.1. The second kappa shape index (κ2) is 10.3. The number of fused-ring (bicyclic) bond motifs is 1. The highest BCUT2D eigenvalue weighted by molar-refractivity contribution is 7.84. The molecule has 0 aliphatic heterocycles. The van der Waals surface area contributed by atoms with Gasteiger partial charge in [-0.05, 0) is 70.8 Å². The topological polar surface area (TPSA) is 68.5 Å². The van der Waals surface area contributed by atoms with E-state index in [4.69, 9.17) is 9.84 Å². The minimum Gasteiger partial charge on any atom is -0.489 e. The average Bonchev–Trinajstić information content (AvgIpc) is 3.22. The molecule has 0 aliphatic carbocycles. The number of carboxylic acid groups (broad SMARTS) is 1. The number of rotatable bonds is 9. The van der Waals surface area contributed by atoms with Gasteiger partial charge in [0.1, 0.15) is 12.4 Å².